The summed E-state index contributed by atoms with van der Waals surface area (Å²) in [6.07, 6.45) is 2.97. The number of nitrogens with one attached hydrogen (secondary N) is 1. The van der Waals surface area contributed by atoms with Crippen LogP contribution < -0.4 is 22.6 Å². The molecule has 0 bridgehead atoms. The average Bonchev–Trinajstić information content (AvgIpc) is 2.22. The maximum Gasteiger partial charge on any atom is 0.180 e. The van der Waals surface area contributed by atoms with E-state index in [2.05, 4.69) is 26.1 Å². The molecule has 2 unspecified atom stereocenters. The number of hydrazine groups is 1. The Morgan fingerprint density at radius 3 is 2.32 bits per heavy atom. The van der Waals surface area contributed by atoms with Gasteiger partial charge in [0.1, 0.15) is 0 Å². The zero-order chi connectivity index (χ0) is 14.8. The van der Waals surface area contributed by atoms with Crippen molar-refractivity contribution < 1.29 is 0 Å². The highest BCUT2D eigenvalue weighted by molar-refractivity contribution is 7.80. The number of thiocarbonyl (C=S) groups is 2. The fourth-order valence-electron chi connectivity index (χ4n) is 3.39. The van der Waals surface area contributed by atoms with Gasteiger partial charge >= 0.3 is 0 Å². The number of nitrogens with two attached hydrogens (primary N) is 3. The maximum absolute atomic E-state index is 5.99. The van der Waals surface area contributed by atoms with Crippen molar-refractivity contribution in [3.8, 4) is 0 Å². The molecule has 0 saturated heterocycles. The van der Waals surface area contributed by atoms with Crippen LogP contribution in [0.3, 0.4) is 0 Å². The molecule has 1 rings (SSSR count). The molecule has 5 nitrogen and oxygen atoms in total. The number of nitrogens with zero attached hydrogens (tertiary/aromatic N) is 1. The monoisotopic (exact) mass is 303 g/mol. The minimum absolute atomic E-state index is 0.0677. The summed E-state index contributed by atoms with van der Waals surface area (Å²) >= 11 is 9.86. The Kier molecular flexibility index (Phi) is 4.97. The van der Waals surface area contributed by atoms with Gasteiger partial charge in [-0.15, -0.1) is 0 Å². The summed E-state index contributed by atoms with van der Waals surface area (Å²) in [6, 6.07) is 0.152. The summed E-state index contributed by atoms with van der Waals surface area (Å²) in [4.78, 5) is 0. The lowest BCUT2D eigenvalue weighted by Gasteiger charge is -2.49. The third kappa shape index (κ3) is 4.74. The molecule has 0 heterocycles. The second kappa shape index (κ2) is 5.76. The molecule has 0 amide bonds. The fourth-order valence-corrected chi connectivity index (χ4v) is 3.61. The molecule has 0 aromatic rings. The molecule has 0 aliphatic heterocycles. The Hall–Kier alpha value is -0.660. The van der Waals surface area contributed by atoms with Crippen molar-refractivity contribution in [2.24, 2.45) is 28.1 Å². The Morgan fingerprint density at radius 1 is 1.26 bits per heavy atom. The topological polar surface area (TPSA) is 93.3 Å². The zero-order valence-electron chi connectivity index (χ0n) is 11.9. The Bertz CT molecular complexity index is 371. The number of rotatable bonds is 3. The second-order valence-corrected chi connectivity index (χ2v) is 7.54. The summed E-state index contributed by atoms with van der Waals surface area (Å²) in [5.41, 5.74) is 11.4. The third-order valence-corrected chi connectivity index (χ3v) is 4.11. The van der Waals surface area contributed by atoms with Crippen molar-refractivity contribution in [1.29, 1.82) is 0 Å². The van der Waals surface area contributed by atoms with Crippen LogP contribution in [0, 0.1) is 10.8 Å². The summed E-state index contributed by atoms with van der Waals surface area (Å²) in [5.74, 6) is 5.99. The highest BCUT2D eigenvalue weighted by atomic mass is 32.1. The van der Waals surface area contributed by atoms with Crippen molar-refractivity contribution in [1.82, 2.24) is 10.3 Å². The zero-order valence-corrected chi connectivity index (χ0v) is 13.5. The van der Waals surface area contributed by atoms with Gasteiger partial charge < -0.3 is 16.8 Å². The lowest BCUT2D eigenvalue weighted by molar-refractivity contribution is 0.0430. The van der Waals surface area contributed by atoms with Gasteiger partial charge in [0.25, 0.3) is 0 Å². The van der Waals surface area contributed by atoms with E-state index in [1.807, 2.05) is 0 Å². The van der Waals surface area contributed by atoms with Crippen LogP contribution in [0.15, 0.2) is 0 Å². The van der Waals surface area contributed by atoms with E-state index in [1.54, 1.807) is 0 Å². The summed E-state index contributed by atoms with van der Waals surface area (Å²) in [7, 11) is 0. The van der Waals surface area contributed by atoms with Gasteiger partial charge in [0, 0.05) is 12.6 Å². The van der Waals surface area contributed by atoms with E-state index in [-0.39, 0.29) is 22.0 Å². The Balaban J connectivity index is 2.83. The second-order valence-electron chi connectivity index (χ2n) is 6.68. The van der Waals surface area contributed by atoms with Gasteiger partial charge in [-0.2, -0.15) is 0 Å². The van der Waals surface area contributed by atoms with Crippen molar-refractivity contribution in [2.45, 2.75) is 46.1 Å². The highest BCUT2D eigenvalue weighted by Gasteiger charge is 2.43. The van der Waals surface area contributed by atoms with E-state index in [0.29, 0.717) is 5.11 Å². The van der Waals surface area contributed by atoms with Gasteiger partial charge in [0.2, 0.25) is 0 Å². The van der Waals surface area contributed by atoms with E-state index < -0.39 is 0 Å². The molecule has 7 heteroatoms. The lowest BCUT2D eigenvalue weighted by Crippen LogP contribution is -2.56. The van der Waals surface area contributed by atoms with E-state index in [4.69, 9.17) is 41.7 Å². The van der Waals surface area contributed by atoms with Gasteiger partial charge in [-0.25, -0.2) is 5.84 Å². The first kappa shape index (κ1) is 16.4. The number of hydrogen-bond acceptors (Lipinski definition) is 3. The van der Waals surface area contributed by atoms with Crippen LogP contribution in [-0.2, 0) is 0 Å². The minimum atomic E-state index is 0.0677. The van der Waals surface area contributed by atoms with E-state index >= 15 is 0 Å². The lowest BCUT2D eigenvalue weighted by atomic mass is 9.62. The molecule has 7 N–H and O–H groups in total. The summed E-state index contributed by atoms with van der Waals surface area (Å²) in [6.45, 7) is 7.45. The van der Waals surface area contributed by atoms with Crippen LogP contribution in [0.4, 0.5) is 0 Å². The van der Waals surface area contributed by atoms with Gasteiger partial charge in [0.15, 0.2) is 10.2 Å². The smallest absolute Gasteiger partial charge is 0.180 e. The first-order valence-corrected chi connectivity index (χ1v) is 7.23. The molecule has 0 spiro atoms. The molecule has 1 saturated carbocycles. The predicted octanol–water partition coefficient (Wildman–Crippen LogP) is 0.824. The van der Waals surface area contributed by atoms with Crippen molar-refractivity contribution >= 4 is 34.7 Å². The highest BCUT2D eigenvalue weighted by Crippen LogP contribution is 2.46. The average molecular weight is 304 g/mol. The first-order chi connectivity index (χ1) is 8.55. The van der Waals surface area contributed by atoms with Crippen LogP contribution >= 0.6 is 24.4 Å². The first-order valence-electron chi connectivity index (χ1n) is 6.41. The molecule has 1 fully saturated rings. The fraction of sp³-hybridized carbons (Fsp3) is 0.833. The predicted molar refractivity (Wildman–Crippen MR) is 87.1 cm³/mol. The number of hydrogen-bond donors (Lipinski definition) is 4. The summed E-state index contributed by atoms with van der Waals surface area (Å²) < 4.78 is 0. The molecule has 110 valence electrons. The van der Waals surface area contributed by atoms with E-state index in [9.17, 15) is 0 Å². The summed E-state index contributed by atoms with van der Waals surface area (Å²) in [5, 5.41) is 5.17. The SMILES string of the molecule is CC1(C)CC(N(N)C(N)=S)CC(C)(CNC(N)=S)C1. The molecule has 1 aliphatic carbocycles. The molecular weight excluding hydrogens is 278 g/mol. The van der Waals surface area contributed by atoms with E-state index in [1.165, 1.54) is 5.01 Å². The molecular formula is C12H25N5S2. The van der Waals surface area contributed by atoms with Crippen molar-refractivity contribution in [3.05, 3.63) is 0 Å². The molecule has 0 radical (unpaired) electrons. The Morgan fingerprint density at radius 2 is 1.84 bits per heavy atom. The quantitative estimate of drug-likeness (QED) is 0.348. The third-order valence-electron chi connectivity index (χ3n) is 3.76. The van der Waals surface area contributed by atoms with Crippen LogP contribution in [0.1, 0.15) is 40.0 Å². The standard InChI is InChI=1S/C12H25N5S2/c1-11(2)4-8(17(15)10(14)19)5-12(3,6-11)7-16-9(13)18/h8H,4-7,15H2,1-3H3,(H2,14,19)(H3,13,16,18). The van der Waals surface area contributed by atoms with Crippen LogP contribution in [-0.4, -0.2) is 27.8 Å². The normalized spacial score (nSPS) is 29.6. The van der Waals surface area contributed by atoms with Gasteiger partial charge in [0.05, 0.1) is 0 Å². The molecule has 0 aromatic heterocycles. The molecule has 2 atom stereocenters. The van der Waals surface area contributed by atoms with Crippen LogP contribution in [0.25, 0.3) is 0 Å². The molecule has 19 heavy (non-hydrogen) atoms. The maximum atomic E-state index is 5.99. The van der Waals surface area contributed by atoms with Crippen LogP contribution in [0.5, 0.6) is 0 Å². The van der Waals surface area contributed by atoms with Crippen LogP contribution in [0.2, 0.25) is 0 Å². The van der Waals surface area contributed by atoms with Gasteiger partial charge in [-0.1, -0.05) is 20.8 Å². The van der Waals surface area contributed by atoms with Crippen molar-refractivity contribution in [3.63, 3.8) is 0 Å². The van der Waals surface area contributed by atoms with Gasteiger partial charge in [-0.05, 0) is 54.5 Å². The van der Waals surface area contributed by atoms with Gasteiger partial charge in [-0.3, -0.25) is 5.01 Å². The van der Waals surface area contributed by atoms with Crippen molar-refractivity contribution in [2.75, 3.05) is 6.54 Å². The minimum Gasteiger partial charge on any atom is -0.376 e. The molecule has 0 aromatic carbocycles. The molecule has 1 aliphatic rings. The largest absolute Gasteiger partial charge is 0.376 e. The Labute approximate surface area is 126 Å². The van der Waals surface area contributed by atoms with E-state index in [0.717, 1.165) is 25.8 Å².